The molecule has 0 radical (unpaired) electrons. The van der Waals surface area contributed by atoms with E-state index < -0.39 is 9.05 Å². The second-order valence-corrected chi connectivity index (χ2v) is 8.09. The molecule has 2 aromatic rings. The van der Waals surface area contributed by atoms with Crippen molar-refractivity contribution in [1.82, 2.24) is 10.1 Å². The number of nitrogens with zero attached hydrogens (tertiary/aromatic N) is 2. The van der Waals surface area contributed by atoms with Gasteiger partial charge in [-0.2, -0.15) is 4.98 Å². The van der Waals surface area contributed by atoms with Crippen LogP contribution in [-0.4, -0.2) is 18.6 Å². The molecule has 0 amide bonds. The second kappa shape index (κ2) is 5.58. The maximum Gasteiger partial charge on any atom is 0.265 e. The highest BCUT2D eigenvalue weighted by Crippen LogP contribution is 2.38. The normalized spacial score (nSPS) is 15.1. The summed E-state index contributed by atoms with van der Waals surface area (Å²) in [6.07, 6.45) is 2.14. The Kier molecular flexibility index (Phi) is 3.94. The zero-order valence-corrected chi connectivity index (χ0v) is 13.8. The fourth-order valence-electron chi connectivity index (χ4n) is 1.77. The van der Waals surface area contributed by atoms with Crippen LogP contribution in [0.15, 0.2) is 32.1 Å². The molecule has 0 atom stereocenters. The van der Waals surface area contributed by atoms with Crippen LogP contribution < -0.4 is 4.74 Å². The highest BCUT2D eigenvalue weighted by molar-refractivity contribution is 9.10. The first kappa shape index (κ1) is 14.8. The molecule has 3 rings (SSSR count). The Bertz CT molecular complexity index is 773. The van der Waals surface area contributed by atoms with Crippen LogP contribution in [-0.2, 0) is 15.7 Å². The van der Waals surface area contributed by atoms with E-state index in [9.17, 15) is 8.42 Å². The zero-order valence-electron chi connectivity index (χ0n) is 10.6. The summed E-state index contributed by atoms with van der Waals surface area (Å²) in [5.41, 5.74) is 0. The SMILES string of the molecule is O=S(=O)(Cl)c1cc(Br)ccc1OCc1nc(C2CC2)no1. The lowest BCUT2D eigenvalue weighted by molar-refractivity contribution is 0.237. The minimum atomic E-state index is -3.91. The molecule has 0 unspecified atom stereocenters. The van der Waals surface area contributed by atoms with Crippen LogP contribution >= 0.6 is 26.6 Å². The van der Waals surface area contributed by atoms with Gasteiger partial charge in [0.2, 0.25) is 0 Å². The van der Waals surface area contributed by atoms with E-state index in [1.54, 1.807) is 6.07 Å². The molecule has 1 aromatic heterocycles. The highest BCUT2D eigenvalue weighted by atomic mass is 79.9. The molecule has 0 N–H and O–H groups in total. The van der Waals surface area contributed by atoms with E-state index in [1.807, 2.05) is 0 Å². The minimum absolute atomic E-state index is 0.0131. The fraction of sp³-hybridized carbons (Fsp3) is 0.333. The molecular weight excluding hydrogens is 384 g/mol. The molecule has 1 aliphatic rings. The van der Waals surface area contributed by atoms with Gasteiger partial charge in [0.05, 0.1) is 0 Å². The average Bonchev–Trinajstić information content (AvgIpc) is 3.16. The smallest absolute Gasteiger partial charge is 0.265 e. The van der Waals surface area contributed by atoms with Crippen molar-refractivity contribution in [3.05, 3.63) is 34.4 Å². The van der Waals surface area contributed by atoms with Gasteiger partial charge >= 0.3 is 0 Å². The van der Waals surface area contributed by atoms with Gasteiger partial charge < -0.3 is 9.26 Å². The Balaban J connectivity index is 1.77. The number of hydrogen-bond acceptors (Lipinski definition) is 6. The number of ether oxygens (including phenoxy) is 1. The Morgan fingerprint density at radius 1 is 1.43 bits per heavy atom. The predicted molar refractivity (Wildman–Crippen MR) is 77.8 cm³/mol. The average molecular weight is 394 g/mol. The Hall–Kier alpha value is -1.12. The fourth-order valence-corrected chi connectivity index (χ4v) is 3.27. The Morgan fingerprint density at radius 2 is 2.19 bits per heavy atom. The van der Waals surface area contributed by atoms with Gasteiger partial charge in [0.15, 0.2) is 12.4 Å². The van der Waals surface area contributed by atoms with Gasteiger partial charge in [-0.15, -0.1) is 0 Å². The number of hydrogen-bond donors (Lipinski definition) is 0. The van der Waals surface area contributed by atoms with E-state index in [2.05, 4.69) is 26.1 Å². The molecule has 112 valence electrons. The standard InChI is InChI=1S/C12H10BrClN2O4S/c13-8-3-4-9(10(5-8)21(14,17)18)19-6-11-15-12(16-20-11)7-1-2-7/h3-5,7H,1-2,6H2. The summed E-state index contributed by atoms with van der Waals surface area (Å²) in [5.74, 6) is 1.50. The molecule has 6 nitrogen and oxygen atoms in total. The third-order valence-electron chi connectivity index (χ3n) is 2.95. The third kappa shape index (κ3) is 3.56. The molecule has 0 aliphatic heterocycles. The van der Waals surface area contributed by atoms with E-state index in [0.29, 0.717) is 22.1 Å². The summed E-state index contributed by atoms with van der Waals surface area (Å²) < 4.78 is 34.1. The number of rotatable bonds is 5. The van der Waals surface area contributed by atoms with Crippen molar-refractivity contribution < 1.29 is 17.7 Å². The van der Waals surface area contributed by atoms with Crippen molar-refractivity contribution in [3.8, 4) is 5.75 Å². The van der Waals surface area contributed by atoms with Crippen LogP contribution in [0.1, 0.15) is 30.5 Å². The van der Waals surface area contributed by atoms with Gasteiger partial charge in [-0.1, -0.05) is 21.1 Å². The van der Waals surface area contributed by atoms with Gasteiger partial charge in [0.1, 0.15) is 10.6 Å². The summed E-state index contributed by atoms with van der Waals surface area (Å²) in [6, 6.07) is 4.54. The van der Waals surface area contributed by atoms with Crippen LogP contribution in [0.25, 0.3) is 0 Å². The quantitative estimate of drug-likeness (QED) is 0.725. The maximum atomic E-state index is 11.5. The number of halogens is 2. The Morgan fingerprint density at radius 3 is 2.86 bits per heavy atom. The van der Waals surface area contributed by atoms with E-state index in [1.165, 1.54) is 12.1 Å². The topological polar surface area (TPSA) is 82.3 Å². The molecular formula is C12H10BrClN2O4S. The van der Waals surface area contributed by atoms with Crippen molar-refractivity contribution in [3.63, 3.8) is 0 Å². The van der Waals surface area contributed by atoms with Crippen molar-refractivity contribution in [2.24, 2.45) is 0 Å². The lowest BCUT2D eigenvalue weighted by Crippen LogP contribution is -2.01. The third-order valence-corrected chi connectivity index (χ3v) is 4.78. The molecule has 9 heteroatoms. The summed E-state index contributed by atoms with van der Waals surface area (Å²) in [6.45, 7) is -0.0131. The molecule has 21 heavy (non-hydrogen) atoms. The number of benzene rings is 1. The molecule has 1 aromatic carbocycles. The van der Waals surface area contributed by atoms with Crippen molar-refractivity contribution >= 4 is 35.7 Å². The molecule has 1 aliphatic carbocycles. The summed E-state index contributed by atoms with van der Waals surface area (Å²) in [4.78, 5) is 4.09. The zero-order chi connectivity index (χ0) is 15.0. The van der Waals surface area contributed by atoms with Crippen LogP contribution in [0, 0.1) is 0 Å². The first-order chi connectivity index (χ1) is 9.93. The predicted octanol–water partition coefficient (Wildman–Crippen LogP) is 3.22. The van der Waals surface area contributed by atoms with Crippen LogP contribution in [0.4, 0.5) is 0 Å². The highest BCUT2D eigenvalue weighted by Gasteiger charge is 2.29. The number of aromatic nitrogens is 2. The lowest BCUT2D eigenvalue weighted by Gasteiger charge is -2.08. The Labute approximate surface area is 134 Å². The van der Waals surface area contributed by atoms with Gasteiger partial charge in [0, 0.05) is 21.1 Å². The monoisotopic (exact) mass is 392 g/mol. The van der Waals surface area contributed by atoms with Crippen LogP contribution in [0.5, 0.6) is 5.75 Å². The lowest BCUT2D eigenvalue weighted by atomic mass is 10.3. The van der Waals surface area contributed by atoms with E-state index in [0.717, 1.165) is 12.8 Å². The van der Waals surface area contributed by atoms with Crippen molar-refractivity contribution in [1.29, 1.82) is 0 Å². The molecule has 1 fully saturated rings. The van der Waals surface area contributed by atoms with Gasteiger partial charge in [0.25, 0.3) is 14.9 Å². The van der Waals surface area contributed by atoms with Crippen LogP contribution in [0.2, 0.25) is 0 Å². The first-order valence-electron chi connectivity index (χ1n) is 6.13. The molecule has 0 spiro atoms. The van der Waals surface area contributed by atoms with Gasteiger partial charge in [-0.25, -0.2) is 8.42 Å². The molecule has 0 saturated heterocycles. The maximum absolute atomic E-state index is 11.5. The minimum Gasteiger partial charge on any atom is -0.482 e. The van der Waals surface area contributed by atoms with Crippen LogP contribution in [0.3, 0.4) is 0 Å². The van der Waals surface area contributed by atoms with E-state index >= 15 is 0 Å². The summed E-state index contributed by atoms with van der Waals surface area (Å²) >= 11 is 3.19. The van der Waals surface area contributed by atoms with Gasteiger partial charge in [-0.05, 0) is 31.0 Å². The van der Waals surface area contributed by atoms with E-state index in [-0.39, 0.29) is 17.3 Å². The first-order valence-corrected chi connectivity index (χ1v) is 9.23. The van der Waals surface area contributed by atoms with Gasteiger partial charge in [-0.3, -0.25) is 0 Å². The molecule has 0 bridgehead atoms. The summed E-state index contributed by atoms with van der Waals surface area (Å²) in [5, 5.41) is 3.86. The van der Waals surface area contributed by atoms with Crippen molar-refractivity contribution in [2.75, 3.05) is 0 Å². The van der Waals surface area contributed by atoms with E-state index in [4.69, 9.17) is 19.9 Å². The largest absolute Gasteiger partial charge is 0.482 e. The van der Waals surface area contributed by atoms with Crippen molar-refractivity contribution in [2.45, 2.75) is 30.3 Å². The second-order valence-electron chi connectivity index (χ2n) is 4.64. The summed E-state index contributed by atoms with van der Waals surface area (Å²) in [7, 11) is 1.48. The molecule has 1 heterocycles. The molecule has 1 saturated carbocycles.